The zero-order chi connectivity index (χ0) is 21.9. The second-order valence-corrected chi connectivity index (χ2v) is 5.96. The van der Waals surface area contributed by atoms with E-state index in [0.29, 0.717) is 24.4 Å². The number of amides is 1. The Hall–Kier alpha value is -3.03. The summed E-state index contributed by atoms with van der Waals surface area (Å²) in [5.74, 6) is 0.0389. The average Bonchev–Trinajstić information content (AvgIpc) is 2.69. The fourth-order valence-electron chi connectivity index (χ4n) is 2.17. The molecule has 0 saturated carbocycles. The lowest BCUT2D eigenvalue weighted by molar-refractivity contribution is -0.137. The predicted octanol–water partition coefficient (Wildman–Crippen LogP) is 5.00. The summed E-state index contributed by atoms with van der Waals surface area (Å²) in [6.45, 7) is 7.64. The molecule has 0 aliphatic carbocycles. The Labute approximate surface area is 169 Å². The molecule has 0 aliphatic heterocycles. The van der Waals surface area contributed by atoms with Gasteiger partial charge < -0.3 is 15.0 Å². The quantitative estimate of drug-likeness (QED) is 0.355. The van der Waals surface area contributed by atoms with Crippen LogP contribution in [0.25, 0.3) is 0 Å². The van der Waals surface area contributed by atoms with Gasteiger partial charge in [0.05, 0.1) is 17.8 Å². The van der Waals surface area contributed by atoms with Gasteiger partial charge in [-0.1, -0.05) is 25.7 Å². The first-order valence-corrected chi connectivity index (χ1v) is 9.07. The highest BCUT2D eigenvalue weighted by Gasteiger charge is 2.30. The third-order valence-corrected chi connectivity index (χ3v) is 3.69. The van der Waals surface area contributed by atoms with E-state index in [2.05, 4.69) is 16.9 Å². The Morgan fingerprint density at radius 3 is 2.48 bits per heavy atom. The van der Waals surface area contributed by atoms with E-state index in [1.165, 1.54) is 23.1 Å². The van der Waals surface area contributed by atoms with Crippen LogP contribution in [0, 0.1) is 0 Å². The number of alkyl halides is 3. The number of carbonyl (C=O) groups excluding carboxylic acids is 1. The van der Waals surface area contributed by atoms with Crippen molar-refractivity contribution in [1.29, 1.82) is 0 Å². The van der Waals surface area contributed by atoms with E-state index in [0.717, 1.165) is 12.1 Å². The van der Waals surface area contributed by atoms with Gasteiger partial charge in [0.1, 0.15) is 6.61 Å². The van der Waals surface area contributed by atoms with E-state index in [9.17, 15) is 18.0 Å². The minimum atomic E-state index is -4.39. The summed E-state index contributed by atoms with van der Waals surface area (Å²) in [4.78, 5) is 17.2. The first kappa shape index (κ1) is 24.0. The third-order valence-electron chi connectivity index (χ3n) is 3.69. The van der Waals surface area contributed by atoms with Gasteiger partial charge in [0.25, 0.3) is 0 Å². The van der Waals surface area contributed by atoms with E-state index in [4.69, 9.17) is 4.74 Å². The maximum atomic E-state index is 12.7. The second-order valence-electron chi connectivity index (χ2n) is 5.96. The molecular weight excluding hydrogens is 383 g/mol. The fraction of sp³-hybridized carbons (Fsp3) is 0.333. The third kappa shape index (κ3) is 8.25. The maximum absolute atomic E-state index is 12.7. The molecule has 0 spiro atoms. The van der Waals surface area contributed by atoms with Crippen LogP contribution in [0.4, 0.5) is 18.9 Å². The van der Waals surface area contributed by atoms with Crippen molar-refractivity contribution in [3.05, 3.63) is 66.5 Å². The van der Waals surface area contributed by atoms with Gasteiger partial charge in [-0.05, 0) is 43.7 Å². The normalized spacial score (nSPS) is 12.8. The van der Waals surface area contributed by atoms with Crippen LogP contribution < -0.4 is 5.32 Å². The van der Waals surface area contributed by atoms with E-state index < -0.39 is 11.7 Å². The number of nitrogens with zero attached hydrogens (tertiary/aromatic N) is 2. The largest absolute Gasteiger partial charge is 0.474 e. The molecular formula is C21H26F3N3O2. The number of aliphatic imine (C=N–C) groups is 1. The molecule has 1 aromatic rings. The highest BCUT2D eigenvalue weighted by molar-refractivity contribution is 5.96. The molecule has 0 aliphatic rings. The number of hydrogen-bond acceptors (Lipinski definition) is 4. The number of halogens is 3. The molecule has 0 saturated heterocycles. The molecule has 1 rings (SSSR count). The number of benzene rings is 1. The topological polar surface area (TPSA) is 53.9 Å². The Balaban J connectivity index is 2.96. The van der Waals surface area contributed by atoms with Crippen molar-refractivity contribution in [2.24, 2.45) is 4.99 Å². The zero-order valence-corrected chi connectivity index (χ0v) is 16.8. The van der Waals surface area contributed by atoms with Crippen LogP contribution in [-0.2, 0) is 15.7 Å². The van der Waals surface area contributed by atoms with Gasteiger partial charge in [-0.15, -0.1) is 0 Å². The molecule has 1 aromatic carbocycles. The highest BCUT2D eigenvalue weighted by Crippen LogP contribution is 2.30. The van der Waals surface area contributed by atoms with Gasteiger partial charge in [0, 0.05) is 18.9 Å². The lowest BCUT2D eigenvalue weighted by Crippen LogP contribution is -2.29. The van der Waals surface area contributed by atoms with Crippen LogP contribution >= 0.6 is 0 Å². The van der Waals surface area contributed by atoms with E-state index in [-0.39, 0.29) is 18.4 Å². The molecule has 158 valence electrons. The van der Waals surface area contributed by atoms with E-state index in [1.54, 1.807) is 26.2 Å². The summed E-state index contributed by atoms with van der Waals surface area (Å²) >= 11 is 0. The van der Waals surface area contributed by atoms with Gasteiger partial charge >= 0.3 is 6.18 Å². The lowest BCUT2D eigenvalue weighted by Gasteiger charge is -2.18. The van der Waals surface area contributed by atoms with Crippen molar-refractivity contribution < 1.29 is 22.7 Å². The first-order valence-electron chi connectivity index (χ1n) is 9.07. The second kappa shape index (κ2) is 11.7. The number of hydrogen-bond donors (Lipinski definition) is 1. The van der Waals surface area contributed by atoms with Crippen molar-refractivity contribution in [2.45, 2.75) is 26.4 Å². The van der Waals surface area contributed by atoms with E-state index in [1.807, 2.05) is 13.0 Å². The molecule has 1 amide bonds. The summed E-state index contributed by atoms with van der Waals surface area (Å²) in [7, 11) is 1.62. The molecule has 5 nitrogen and oxygen atoms in total. The molecule has 8 heteroatoms. The summed E-state index contributed by atoms with van der Waals surface area (Å²) in [5, 5.41) is 3.05. The first-order chi connectivity index (χ1) is 13.7. The maximum Gasteiger partial charge on any atom is 0.416 e. The van der Waals surface area contributed by atoms with Crippen LogP contribution in [0.1, 0.15) is 25.8 Å². The molecule has 0 heterocycles. The number of ether oxygens (including phenoxy) is 1. The highest BCUT2D eigenvalue weighted by atomic mass is 19.4. The summed E-state index contributed by atoms with van der Waals surface area (Å²) in [5.41, 5.74) is 0.259. The molecule has 0 aromatic heterocycles. The van der Waals surface area contributed by atoms with Crippen LogP contribution in [-0.4, -0.2) is 36.9 Å². The molecule has 0 unspecified atom stereocenters. The number of nitrogens with one attached hydrogen (secondary N) is 1. The number of allylic oxidation sites excluding steroid dienone is 2. The molecule has 29 heavy (non-hydrogen) atoms. The summed E-state index contributed by atoms with van der Waals surface area (Å²) in [6.07, 6.45) is 2.56. The molecule has 1 N–H and O–H groups in total. The van der Waals surface area contributed by atoms with Gasteiger partial charge in [-0.25, -0.2) is 4.99 Å². The lowest BCUT2D eigenvalue weighted by atomic mass is 10.2. The smallest absolute Gasteiger partial charge is 0.416 e. The summed E-state index contributed by atoms with van der Waals surface area (Å²) < 4.78 is 44.0. The minimum Gasteiger partial charge on any atom is -0.474 e. The average molecular weight is 409 g/mol. The molecule has 0 fully saturated rings. The van der Waals surface area contributed by atoms with Crippen molar-refractivity contribution in [2.75, 3.05) is 25.5 Å². The monoisotopic (exact) mass is 409 g/mol. The molecule has 0 atom stereocenters. The van der Waals surface area contributed by atoms with Gasteiger partial charge in [0.15, 0.2) is 0 Å². The Kier molecular flexibility index (Phi) is 9.71. The van der Waals surface area contributed by atoms with Crippen LogP contribution in [0.2, 0.25) is 0 Å². The molecule has 0 radical (unpaired) electrons. The Bertz CT molecular complexity index is 766. The number of anilines is 1. The standard InChI is InChI=1S/C21H26F3N3O2/c1-5-8-18(26-17-11-9-16(10-12-17)21(22,23)24)20(25-13-6-2)29-15-14-27(4)19(28)7-3/h6-13,26H,3,5,14-15H2,1-2,4H3/b13-6-,18-8-,25-20-. The number of rotatable bonds is 9. The molecule has 0 bridgehead atoms. The van der Waals surface area contributed by atoms with Crippen LogP contribution in [0.5, 0.6) is 0 Å². The summed E-state index contributed by atoms with van der Waals surface area (Å²) in [6, 6.07) is 4.70. The minimum absolute atomic E-state index is 0.183. The fourth-order valence-corrected chi connectivity index (χ4v) is 2.17. The Morgan fingerprint density at radius 2 is 1.97 bits per heavy atom. The van der Waals surface area contributed by atoms with Gasteiger partial charge in [-0.3, -0.25) is 4.79 Å². The number of likely N-dealkylation sites (N-methyl/N-ethyl adjacent to an activating group) is 1. The van der Waals surface area contributed by atoms with Crippen molar-refractivity contribution >= 4 is 17.5 Å². The van der Waals surface area contributed by atoms with Crippen LogP contribution in [0.3, 0.4) is 0 Å². The zero-order valence-electron chi connectivity index (χ0n) is 16.8. The van der Waals surface area contributed by atoms with Crippen LogP contribution in [0.15, 0.2) is 66.0 Å². The van der Waals surface area contributed by atoms with Crippen molar-refractivity contribution in [1.82, 2.24) is 4.90 Å². The Morgan fingerprint density at radius 1 is 1.31 bits per heavy atom. The SMILES string of the molecule is C=CC(=O)N(C)CCOC(=N\C=C/C)/C(=C/CC)Nc1ccc(C(F)(F)F)cc1. The van der Waals surface area contributed by atoms with Gasteiger partial charge in [-0.2, -0.15) is 13.2 Å². The van der Waals surface area contributed by atoms with E-state index >= 15 is 0 Å². The van der Waals surface area contributed by atoms with Crippen molar-refractivity contribution in [3.8, 4) is 0 Å². The number of carbonyl (C=O) groups is 1. The predicted molar refractivity (Wildman–Crippen MR) is 109 cm³/mol. The van der Waals surface area contributed by atoms with Gasteiger partial charge in [0.2, 0.25) is 11.8 Å². The van der Waals surface area contributed by atoms with Crippen molar-refractivity contribution in [3.63, 3.8) is 0 Å².